The average Bonchev–Trinajstić information content (AvgIpc) is 3.27. The van der Waals surface area contributed by atoms with Crippen LogP contribution in [-0.4, -0.2) is 42.3 Å². The Bertz CT molecular complexity index is 1100. The molecule has 1 fully saturated rings. The highest BCUT2D eigenvalue weighted by Gasteiger charge is 2.47. The van der Waals surface area contributed by atoms with Crippen LogP contribution in [0, 0.1) is 17.6 Å². The van der Waals surface area contributed by atoms with Gasteiger partial charge in [-0.3, -0.25) is 0 Å². The van der Waals surface area contributed by atoms with Gasteiger partial charge in [-0.2, -0.15) is 0 Å². The molecule has 0 saturated carbocycles. The third-order valence-corrected chi connectivity index (χ3v) is 7.44. The SMILES string of the molecule is CN1c2ccc(C3=CCCCC3)cc2[C@H]2[C@H](CCN2C(=O)Nc2cc(F)ccc2F)[C@@H]1CO. The number of carbonyl (C=O) groups is 1. The van der Waals surface area contributed by atoms with Gasteiger partial charge in [0.2, 0.25) is 0 Å². The fourth-order valence-electron chi connectivity index (χ4n) is 5.76. The molecule has 33 heavy (non-hydrogen) atoms. The van der Waals surface area contributed by atoms with E-state index in [1.165, 1.54) is 24.0 Å². The minimum absolute atomic E-state index is 0.0159. The van der Waals surface area contributed by atoms with Crippen molar-refractivity contribution in [2.45, 2.75) is 44.2 Å². The van der Waals surface area contributed by atoms with E-state index in [9.17, 15) is 18.7 Å². The van der Waals surface area contributed by atoms with Crippen LogP contribution in [-0.2, 0) is 0 Å². The van der Waals surface area contributed by atoms with Crippen LogP contribution in [0.5, 0.6) is 0 Å². The molecule has 0 bridgehead atoms. The lowest BCUT2D eigenvalue weighted by Gasteiger charge is -2.44. The number of benzene rings is 2. The standard InChI is InChI=1S/C26H29F2N3O2/c1-30-23-10-7-17(16-5-3-2-4-6-16)13-20(23)25-19(24(30)15-32)11-12-31(25)26(33)29-22-14-18(27)8-9-21(22)28/h5,7-10,13-14,19,24-25,32H,2-4,6,11-12,15H2,1H3,(H,29,33)/t19-,24+,25-/m1/s1. The highest BCUT2D eigenvalue weighted by atomic mass is 19.1. The van der Waals surface area contributed by atoms with Crippen LogP contribution in [0.2, 0.25) is 0 Å². The van der Waals surface area contributed by atoms with Crippen molar-refractivity contribution in [2.24, 2.45) is 5.92 Å². The second-order valence-electron chi connectivity index (χ2n) is 9.25. The summed E-state index contributed by atoms with van der Waals surface area (Å²) in [5, 5.41) is 12.7. The minimum Gasteiger partial charge on any atom is -0.394 e. The lowest BCUT2D eigenvalue weighted by molar-refractivity contribution is 0.168. The van der Waals surface area contributed by atoms with E-state index in [2.05, 4.69) is 34.5 Å². The lowest BCUT2D eigenvalue weighted by atomic mass is 9.80. The van der Waals surface area contributed by atoms with Gasteiger partial charge in [-0.1, -0.05) is 12.1 Å². The maximum absolute atomic E-state index is 14.2. The van der Waals surface area contributed by atoms with Crippen molar-refractivity contribution in [1.29, 1.82) is 0 Å². The monoisotopic (exact) mass is 453 g/mol. The van der Waals surface area contributed by atoms with E-state index in [1.807, 2.05) is 7.05 Å². The third-order valence-electron chi connectivity index (χ3n) is 7.44. The number of anilines is 2. The highest BCUT2D eigenvalue weighted by Crippen LogP contribution is 2.49. The number of nitrogens with one attached hydrogen (secondary N) is 1. The van der Waals surface area contributed by atoms with Gasteiger partial charge in [0, 0.05) is 31.3 Å². The van der Waals surface area contributed by atoms with Crippen LogP contribution >= 0.6 is 0 Å². The van der Waals surface area contributed by atoms with Crippen LogP contribution in [0.3, 0.4) is 0 Å². The van der Waals surface area contributed by atoms with E-state index in [0.29, 0.717) is 6.54 Å². The molecule has 3 atom stereocenters. The van der Waals surface area contributed by atoms with E-state index < -0.39 is 17.7 Å². The third kappa shape index (κ3) is 3.88. The van der Waals surface area contributed by atoms with Crippen molar-refractivity contribution < 1.29 is 18.7 Å². The maximum atomic E-state index is 14.2. The first-order valence-electron chi connectivity index (χ1n) is 11.7. The molecular formula is C26H29F2N3O2. The molecule has 5 nitrogen and oxygen atoms in total. The number of urea groups is 1. The molecule has 1 saturated heterocycles. The molecule has 2 aromatic carbocycles. The quantitative estimate of drug-likeness (QED) is 0.661. The Labute approximate surface area is 192 Å². The van der Waals surface area contributed by atoms with Gasteiger partial charge in [0.15, 0.2) is 0 Å². The van der Waals surface area contributed by atoms with Crippen molar-refractivity contribution in [3.8, 4) is 0 Å². The fraction of sp³-hybridized carbons (Fsp3) is 0.423. The lowest BCUT2D eigenvalue weighted by Crippen LogP contribution is -2.48. The number of aliphatic hydroxyl groups is 1. The normalized spacial score (nSPS) is 24.2. The molecule has 0 radical (unpaired) electrons. The number of nitrogens with zero attached hydrogens (tertiary/aromatic N) is 2. The number of carbonyl (C=O) groups excluding carboxylic acids is 1. The largest absolute Gasteiger partial charge is 0.394 e. The van der Waals surface area contributed by atoms with Crippen molar-refractivity contribution >= 4 is 23.0 Å². The fourth-order valence-corrected chi connectivity index (χ4v) is 5.76. The summed E-state index contributed by atoms with van der Waals surface area (Å²) in [4.78, 5) is 17.1. The summed E-state index contributed by atoms with van der Waals surface area (Å²) < 4.78 is 27.8. The molecule has 174 valence electrons. The van der Waals surface area contributed by atoms with Crippen molar-refractivity contribution in [1.82, 2.24) is 4.90 Å². The molecule has 0 aromatic heterocycles. The number of rotatable bonds is 3. The second kappa shape index (κ2) is 8.78. The zero-order valence-electron chi connectivity index (χ0n) is 18.7. The Morgan fingerprint density at radius 1 is 1.18 bits per heavy atom. The summed E-state index contributed by atoms with van der Waals surface area (Å²) in [6.07, 6.45) is 7.55. The van der Waals surface area contributed by atoms with Crippen LogP contribution in [0.25, 0.3) is 5.57 Å². The molecule has 7 heteroatoms. The number of allylic oxidation sites excluding steroid dienone is 2. The molecule has 3 aliphatic rings. The number of halogens is 2. The predicted molar refractivity (Wildman–Crippen MR) is 125 cm³/mol. The average molecular weight is 454 g/mol. The molecule has 2 heterocycles. The Morgan fingerprint density at radius 3 is 2.79 bits per heavy atom. The van der Waals surface area contributed by atoms with Gasteiger partial charge < -0.3 is 20.2 Å². The molecule has 2 N–H and O–H groups in total. The Morgan fingerprint density at radius 2 is 2.03 bits per heavy atom. The van der Waals surface area contributed by atoms with E-state index in [-0.39, 0.29) is 30.3 Å². The zero-order valence-corrected chi connectivity index (χ0v) is 18.7. The molecule has 2 aromatic rings. The molecule has 1 aliphatic carbocycles. The molecule has 2 amide bonds. The first kappa shape index (κ1) is 21.9. The van der Waals surface area contributed by atoms with E-state index in [0.717, 1.165) is 48.7 Å². The van der Waals surface area contributed by atoms with Crippen LogP contribution in [0.4, 0.5) is 25.0 Å². The van der Waals surface area contributed by atoms with Gasteiger partial charge in [-0.25, -0.2) is 13.6 Å². The number of fused-ring (bicyclic) bond motifs is 3. The Hall–Kier alpha value is -2.93. The number of hydrogen-bond donors (Lipinski definition) is 2. The zero-order chi connectivity index (χ0) is 23.1. The van der Waals surface area contributed by atoms with Crippen molar-refractivity contribution in [3.05, 3.63) is 65.2 Å². The maximum Gasteiger partial charge on any atom is 0.322 e. The van der Waals surface area contributed by atoms with Gasteiger partial charge in [0.05, 0.1) is 24.4 Å². The number of amides is 2. The number of likely N-dealkylation sites (N-methyl/N-ethyl adjacent to an activating group) is 1. The second-order valence-corrected chi connectivity index (χ2v) is 9.25. The van der Waals surface area contributed by atoms with E-state index >= 15 is 0 Å². The molecule has 0 spiro atoms. The minimum atomic E-state index is -0.677. The first-order chi connectivity index (χ1) is 16.0. The summed E-state index contributed by atoms with van der Waals surface area (Å²) in [5.41, 5.74) is 4.38. The smallest absolute Gasteiger partial charge is 0.322 e. The number of aliphatic hydroxyl groups excluding tert-OH is 1. The molecular weight excluding hydrogens is 424 g/mol. The summed E-state index contributed by atoms with van der Waals surface area (Å²) in [6, 6.07) is 8.60. The van der Waals surface area contributed by atoms with Crippen molar-refractivity contribution in [3.63, 3.8) is 0 Å². The Balaban J connectivity index is 1.52. The van der Waals surface area contributed by atoms with Crippen LogP contribution in [0.1, 0.15) is 49.3 Å². The number of hydrogen-bond acceptors (Lipinski definition) is 3. The van der Waals surface area contributed by atoms with Gasteiger partial charge in [0.25, 0.3) is 0 Å². The van der Waals surface area contributed by atoms with Crippen LogP contribution < -0.4 is 10.2 Å². The number of likely N-dealkylation sites (tertiary alicyclic amines) is 1. The molecule has 0 unspecified atom stereocenters. The summed E-state index contributed by atoms with van der Waals surface area (Å²) in [7, 11) is 1.99. The van der Waals surface area contributed by atoms with Gasteiger partial charge in [0.1, 0.15) is 11.6 Å². The Kier molecular flexibility index (Phi) is 5.83. The summed E-state index contributed by atoms with van der Waals surface area (Å²) in [6.45, 7) is 0.465. The summed E-state index contributed by atoms with van der Waals surface area (Å²) in [5.74, 6) is -1.24. The highest BCUT2D eigenvalue weighted by molar-refractivity contribution is 5.90. The topological polar surface area (TPSA) is 55.8 Å². The first-order valence-corrected chi connectivity index (χ1v) is 11.7. The summed E-state index contributed by atoms with van der Waals surface area (Å²) >= 11 is 0. The van der Waals surface area contributed by atoms with Crippen molar-refractivity contribution in [2.75, 3.05) is 30.4 Å². The molecule has 5 rings (SSSR count). The van der Waals surface area contributed by atoms with Gasteiger partial charge in [-0.05, 0) is 73.1 Å². The van der Waals surface area contributed by atoms with E-state index in [1.54, 1.807) is 4.90 Å². The van der Waals surface area contributed by atoms with E-state index in [4.69, 9.17) is 0 Å². The van der Waals surface area contributed by atoms with Gasteiger partial charge in [-0.15, -0.1) is 0 Å². The predicted octanol–water partition coefficient (Wildman–Crippen LogP) is 5.33. The van der Waals surface area contributed by atoms with Gasteiger partial charge >= 0.3 is 6.03 Å². The van der Waals surface area contributed by atoms with Crippen LogP contribution in [0.15, 0.2) is 42.5 Å². The molecule has 2 aliphatic heterocycles.